The standard InChI is InChI=1S/C24H22ClN3O2S/c1-13-6-5-7-19(14(13)2)27-22(29)15(3)28-12-26-23-21(24(28)30)20(16(4)31-23)17-8-10-18(25)11-9-17/h5-12,15H,1-4H3,(H,27,29). The van der Waals surface area contributed by atoms with Crippen LogP contribution in [0.1, 0.15) is 29.0 Å². The largest absolute Gasteiger partial charge is 0.324 e. The molecule has 0 bridgehead atoms. The highest BCUT2D eigenvalue weighted by Crippen LogP contribution is 2.36. The second-order valence-electron chi connectivity index (χ2n) is 7.59. The van der Waals surface area contributed by atoms with Crippen LogP contribution in [-0.2, 0) is 4.79 Å². The van der Waals surface area contributed by atoms with Crippen molar-refractivity contribution in [1.82, 2.24) is 9.55 Å². The molecule has 4 rings (SSSR count). The lowest BCUT2D eigenvalue weighted by atomic mass is 10.0. The molecule has 2 aromatic heterocycles. The van der Waals surface area contributed by atoms with Crippen molar-refractivity contribution in [3.8, 4) is 11.1 Å². The second kappa shape index (κ2) is 8.29. The average Bonchev–Trinajstić information content (AvgIpc) is 3.08. The molecule has 4 aromatic rings. The summed E-state index contributed by atoms with van der Waals surface area (Å²) >= 11 is 7.50. The maximum Gasteiger partial charge on any atom is 0.263 e. The molecule has 31 heavy (non-hydrogen) atoms. The van der Waals surface area contributed by atoms with Gasteiger partial charge in [-0.3, -0.25) is 14.2 Å². The first kappa shape index (κ1) is 21.3. The highest BCUT2D eigenvalue weighted by Gasteiger charge is 2.22. The predicted octanol–water partition coefficient (Wildman–Crippen LogP) is 5.90. The van der Waals surface area contributed by atoms with Crippen LogP contribution in [0.25, 0.3) is 21.3 Å². The molecule has 2 heterocycles. The number of anilines is 1. The number of nitrogens with zero attached hydrogens (tertiary/aromatic N) is 2. The molecule has 5 nitrogen and oxygen atoms in total. The van der Waals surface area contributed by atoms with E-state index < -0.39 is 6.04 Å². The topological polar surface area (TPSA) is 64.0 Å². The number of thiophene rings is 1. The maximum atomic E-state index is 13.4. The van der Waals surface area contributed by atoms with Crippen molar-refractivity contribution < 1.29 is 4.79 Å². The molecule has 0 spiro atoms. The quantitative estimate of drug-likeness (QED) is 0.420. The first-order valence-corrected chi connectivity index (χ1v) is 11.1. The molecule has 1 atom stereocenters. The van der Waals surface area contributed by atoms with Crippen molar-refractivity contribution >= 4 is 44.7 Å². The summed E-state index contributed by atoms with van der Waals surface area (Å²) in [5.41, 5.74) is 4.34. The molecule has 0 aliphatic carbocycles. The third kappa shape index (κ3) is 3.89. The number of nitrogens with one attached hydrogen (secondary N) is 1. The first-order chi connectivity index (χ1) is 14.8. The fraction of sp³-hybridized carbons (Fsp3) is 0.208. The van der Waals surface area contributed by atoms with Crippen molar-refractivity contribution in [3.05, 3.63) is 80.2 Å². The van der Waals surface area contributed by atoms with Crippen LogP contribution in [0.4, 0.5) is 5.69 Å². The Morgan fingerprint density at radius 1 is 1.13 bits per heavy atom. The van der Waals surface area contributed by atoms with Gasteiger partial charge in [-0.05, 0) is 62.6 Å². The van der Waals surface area contributed by atoms with E-state index >= 15 is 0 Å². The van der Waals surface area contributed by atoms with Gasteiger partial charge in [-0.2, -0.15) is 0 Å². The molecule has 2 aromatic carbocycles. The average molecular weight is 452 g/mol. The van der Waals surface area contributed by atoms with E-state index in [1.54, 1.807) is 19.1 Å². The maximum absolute atomic E-state index is 13.4. The van der Waals surface area contributed by atoms with Crippen LogP contribution in [0.5, 0.6) is 0 Å². The Hall–Kier alpha value is -2.96. The normalized spacial score (nSPS) is 12.2. The van der Waals surface area contributed by atoms with Gasteiger partial charge in [-0.15, -0.1) is 11.3 Å². The monoisotopic (exact) mass is 451 g/mol. The summed E-state index contributed by atoms with van der Waals surface area (Å²) in [5.74, 6) is -0.267. The summed E-state index contributed by atoms with van der Waals surface area (Å²) in [6, 6.07) is 12.4. The molecule has 0 fully saturated rings. The van der Waals surface area contributed by atoms with E-state index in [1.165, 1.54) is 22.2 Å². The van der Waals surface area contributed by atoms with E-state index in [4.69, 9.17) is 11.6 Å². The zero-order valence-electron chi connectivity index (χ0n) is 17.7. The molecular weight excluding hydrogens is 430 g/mol. The van der Waals surface area contributed by atoms with Crippen molar-refractivity contribution in [2.75, 3.05) is 5.32 Å². The zero-order valence-corrected chi connectivity index (χ0v) is 19.3. The van der Waals surface area contributed by atoms with Crippen molar-refractivity contribution in [1.29, 1.82) is 0 Å². The summed E-state index contributed by atoms with van der Waals surface area (Å²) < 4.78 is 1.40. The van der Waals surface area contributed by atoms with Gasteiger partial charge < -0.3 is 5.32 Å². The number of fused-ring (bicyclic) bond motifs is 1. The number of halogens is 1. The Morgan fingerprint density at radius 3 is 2.55 bits per heavy atom. The molecule has 1 unspecified atom stereocenters. The van der Waals surface area contributed by atoms with E-state index in [2.05, 4.69) is 10.3 Å². The van der Waals surface area contributed by atoms with Gasteiger partial charge in [0.25, 0.3) is 5.56 Å². The van der Waals surface area contributed by atoms with Crippen LogP contribution in [0.2, 0.25) is 5.02 Å². The fourth-order valence-electron chi connectivity index (χ4n) is 3.61. The Labute approximate surface area is 189 Å². The molecule has 158 valence electrons. The molecule has 0 aliphatic heterocycles. The van der Waals surface area contributed by atoms with E-state index in [0.29, 0.717) is 15.2 Å². The van der Waals surface area contributed by atoms with E-state index in [-0.39, 0.29) is 11.5 Å². The lowest BCUT2D eigenvalue weighted by molar-refractivity contribution is -0.118. The number of rotatable bonds is 4. The van der Waals surface area contributed by atoms with Gasteiger partial charge in [0.05, 0.1) is 11.7 Å². The molecule has 0 saturated carbocycles. The summed E-state index contributed by atoms with van der Waals surface area (Å²) in [5, 5.41) is 4.10. The smallest absolute Gasteiger partial charge is 0.263 e. The number of benzene rings is 2. The second-order valence-corrected chi connectivity index (χ2v) is 9.23. The van der Waals surface area contributed by atoms with Gasteiger partial charge in [-0.1, -0.05) is 35.9 Å². The molecule has 0 radical (unpaired) electrons. The number of carbonyl (C=O) groups is 1. The van der Waals surface area contributed by atoms with E-state index in [0.717, 1.165) is 32.8 Å². The molecule has 7 heteroatoms. The highest BCUT2D eigenvalue weighted by atomic mass is 35.5. The van der Waals surface area contributed by atoms with Crippen molar-refractivity contribution in [2.24, 2.45) is 0 Å². The van der Waals surface area contributed by atoms with Gasteiger partial charge in [0, 0.05) is 21.2 Å². The zero-order chi connectivity index (χ0) is 22.3. The third-order valence-corrected chi connectivity index (χ3v) is 6.87. The fourth-order valence-corrected chi connectivity index (χ4v) is 4.73. The van der Waals surface area contributed by atoms with Crippen LogP contribution < -0.4 is 10.9 Å². The number of amides is 1. The lowest BCUT2D eigenvalue weighted by Crippen LogP contribution is -2.32. The number of hydrogen-bond donors (Lipinski definition) is 1. The molecule has 0 saturated heterocycles. The Morgan fingerprint density at radius 2 is 1.84 bits per heavy atom. The van der Waals surface area contributed by atoms with Crippen LogP contribution in [0, 0.1) is 20.8 Å². The van der Waals surface area contributed by atoms with Crippen LogP contribution in [-0.4, -0.2) is 15.5 Å². The summed E-state index contributed by atoms with van der Waals surface area (Å²) in [7, 11) is 0. The summed E-state index contributed by atoms with van der Waals surface area (Å²) in [4.78, 5) is 32.5. The van der Waals surface area contributed by atoms with Gasteiger partial charge in [-0.25, -0.2) is 4.98 Å². The number of aromatic nitrogens is 2. The highest BCUT2D eigenvalue weighted by molar-refractivity contribution is 7.19. The molecule has 1 N–H and O–H groups in total. The predicted molar refractivity (Wildman–Crippen MR) is 128 cm³/mol. The molecular formula is C24H22ClN3O2S. The Balaban J connectivity index is 1.76. The minimum atomic E-state index is -0.720. The van der Waals surface area contributed by atoms with Gasteiger partial charge >= 0.3 is 0 Å². The van der Waals surface area contributed by atoms with Crippen molar-refractivity contribution in [3.63, 3.8) is 0 Å². The van der Waals surface area contributed by atoms with Crippen LogP contribution in [0.15, 0.2) is 53.6 Å². The van der Waals surface area contributed by atoms with Crippen LogP contribution >= 0.6 is 22.9 Å². The third-order valence-electron chi connectivity index (χ3n) is 5.61. The number of carbonyl (C=O) groups excluding carboxylic acids is 1. The van der Waals surface area contributed by atoms with E-state index in [9.17, 15) is 9.59 Å². The van der Waals surface area contributed by atoms with Gasteiger partial charge in [0.2, 0.25) is 5.91 Å². The number of aryl methyl sites for hydroxylation is 2. The minimum Gasteiger partial charge on any atom is -0.324 e. The van der Waals surface area contributed by atoms with Gasteiger partial charge in [0.15, 0.2) is 0 Å². The number of hydrogen-bond acceptors (Lipinski definition) is 4. The lowest BCUT2D eigenvalue weighted by Gasteiger charge is -2.17. The van der Waals surface area contributed by atoms with Crippen LogP contribution in [0.3, 0.4) is 0 Å². The first-order valence-electron chi connectivity index (χ1n) is 9.91. The minimum absolute atomic E-state index is 0.233. The summed E-state index contributed by atoms with van der Waals surface area (Å²) in [6.45, 7) is 7.63. The SMILES string of the molecule is Cc1cccc(NC(=O)C(C)n2cnc3sc(C)c(-c4ccc(Cl)cc4)c3c2=O)c1C. The van der Waals surface area contributed by atoms with Gasteiger partial charge in [0.1, 0.15) is 10.9 Å². The summed E-state index contributed by atoms with van der Waals surface area (Å²) in [6.07, 6.45) is 1.46. The Kier molecular flexibility index (Phi) is 5.69. The molecule has 1 amide bonds. The van der Waals surface area contributed by atoms with E-state index in [1.807, 2.05) is 51.1 Å². The Bertz CT molecular complexity index is 1360. The van der Waals surface area contributed by atoms with Crippen molar-refractivity contribution in [2.45, 2.75) is 33.7 Å². The molecule has 0 aliphatic rings.